The third-order valence-corrected chi connectivity index (χ3v) is 7.97. The Labute approximate surface area is 203 Å². The molecule has 3 aliphatic carbocycles. The summed E-state index contributed by atoms with van der Waals surface area (Å²) in [6, 6.07) is 0.743. The molecule has 4 unspecified atom stereocenters. The molecule has 10 heteroatoms. The van der Waals surface area contributed by atoms with Crippen molar-refractivity contribution in [3.8, 4) is 5.75 Å². The normalized spacial score (nSPS) is 29.2. The number of fused-ring (bicyclic) bond motifs is 3. The number of benzene rings is 1. The number of hydrogen-bond acceptors (Lipinski definition) is 8. The molecule has 0 bridgehead atoms. The Hall–Kier alpha value is -2.44. The Balaban J connectivity index is 2.00. The molecule has 0 aliphatic heterocycles. The van der Waals surface area contributed by atoms with E-state index >= 15 is 0 Å². The van der Waals surface area contributed by atoms with Gasteiger partial charge in [-0.25, -0.2) is 0 Å². The van der Waals surface area contributed by atoms with Gasteiger partial charge in [-0.3, -0.25) is 19.3 Å². The van der Waals surface area contributed by atoms with Crippen molar-refractivity contribution >= 4 is 45.8 Å². The Bertz CT molecular complexity index is 1190. The summed E-state index contributed by atoms with van der Waals surface area (Å²) in [4.78, 5) is 40.2. The van der Waals surface area contributed by atoms with E-state index in [0.717, 1.165) is 5.56 Å². The minimum Gasteiger partial charge on any atom is -0.508 e. The van der Waals surface area contributed by atoms with Crippen LogP contribution in [0.15, 0.2) is 23.0 Å². The molecular weight excluding hydrogens is 543 g/mol. The van der Waals surface area contributed by atoms with Gasteiger partial charge < -0.3 is 26.2 Å². The summed E-state index contributed by atoms with van der Waals surface area (Å²) in [7, 11) is 3.14. The van der Waals surface area contributed by atoms with Gasteiger partial charge in [-0.2, -0.15) is 0 Å². The number of ketones is 2. The predicted molar refractivity (Wildman–Crippen MR) is 126 cm³/mol. The van der Waals surface area contributed by atoms with Gasteiger partial charge in [0.25, 0.3) is 5.91 Å². The zero-order valence-corrected chi connectivity index (χ0v) is 20.5. The number of likely N-dealkylation sites (N-methyl/N-ethyl adjacent to an activating group) is 1. The van der Waals surface area contributed by atoms with Gasteiger partial charge in [0, 0.05) is 11.5 Å². The molecular formula is C23H25IN2O7. The number of halogens is 1. The molecule has 1 aromatic rings. The zero-order valence-electron chi connectivity index (χ0n) is 18.3. The number of amides is 1. The van der Waals surface area contributed by atoms with Crippen molar-refractivity contribution in [2.45, 2.75) is 37.8 Å². The monoisotopic (exact) mass is 568 g/mol. The first-order chi connectivity index (χ1) is 15.4. The lowest BCUT2D eigenvalue weighted by Gasteiger charge is -2.50. The molecule has 6 N–H and O–H groups in total. The number of nitrogens with zero attached hydrogens (tertiary/aromatic N) is 1. The molecule has 176 valence electrons. The van der Waals surface area contributed by atoms with Crippen LogP contribution >= 0.6 is 22.6 Å². The molecule has 0 spiro atoms. The Morgan fingerprint density at radius 1 is 1.27 bits per heavy atom. The minimum atomic E-state index is -2.62. The first-order valence-electron chi connectivity index (χ1n) is 10.6. The van der Waals surface area contributed by atoms with Crippen molar-refractivity contribution in [3.05, 3.63) is 43.2 Å². The number of carbonyl (C=O) groups is 3. The lowest BCUT2D eigenvalue weighted by atomic mass is 9.57. The molecule has 4 rings (SSSR count). The summed E-state index contributed by atoms with van der Waals surface area (Å²) in [5, 5.41) is 44.2. The third kappa shape index (κ3) is 3.07. The van der Waals surface area contributed by atoms with Crippen LogP contribution < -0.4 is 5.73 Å². The van der Waals surface area contributed by atoms with Crippen molar-refractivity contribution in [2.24, 2.45) is 17.6 Å². The number of aliphatic hydroxyl groups excluding tert-OH is 2. The van der Waals surface area contributed by atoms with Crippen molar-refractivity contribution in [3.63, 3.8) is 0 Å². The van der Waals surface area contributed by atoms with E-state index in [-0.39, 0.29) is 23.3 Å². The molecule has 0 radical (unpaired) electrons. The van der Waals surface area contributed by atoms with Crippen molar-refractivity contribution in [2.75, 3.05) is 14.1 Å². The van der Waals surface area contributed by atoms with E-state index in [1.807, 2.05) is 35.6 Å². The van der Waals surface area contributed by atoms with E-state index in [0.29, 0.717) is 22.0 Å². The Morgan fingerprint density at radius 3 is 2.45 bits per heavy atom. The number of Topliss-reactive ketones (excluding diaryl/α,β-unsaturated/α-hetero) is 2. The highest BCUT2D eigenvalue weighted by atomic mass is 127. The summed E-state index contributed by atoms with van der Waals surface area (Å²) < 4.78 is 0.503. The number of nitrogens with two attached hydrogens (primary N) is 1. The van der Waals surface area contributed by atoms with Gasteiger partial charge in [-0.05, 0) is 79.1 Å². The highest BCUT2D eigenvalue weighted by molar-refractivity contribution is 14.1. The Morgan fingerprint density at radius 2 is 1.91 bits per heavy atom. The van der Waals surface area contributed by atoms with Crippen molar-refractivity contribution in [1.29, 1.82) is 0 Å². The van der Waals surface area contributed by atoms with Gasteiger partial charge in [0.15, 0.2) is 11.4 Å². The van der Waals surface area contributed by atoms with Crippen molar-refractivity contribution in [1.82, 2.24) is 4.90 Å². The topological polar surface area (TPSA) is 161 Å². The van der Waals surface area contributed by atoms with Crippen LogP contribution in [0.3, 0.4) is 0 Å². The number of phenolic OH excluding ortho intramolecular Hbond substituents is 1. The average molecular weight is 568 g/mol. The van der Waals surface area contributed by atoms with Crippen LogP contribution in [0.1, 0.15) is 30.0 Å². The number of hydrogen-bond donors (Lipinski definition) is 5. The van der Waals surface area contributed by atoms with Gasteiger partial charge in [0.1, 0.15) is 22.8 Å². The number of phenols is 1. The maximum atomic E-state index is 13.7. The molecule has 33 heavy (non-hydrogen) atoms. The van der Waals surface area contributed by atoms with Gasteiger partial charge in [0.2, 0.25) is 5.78 Å². The first kappa shape index (κ1) is 23.7. The van der Waals surface area contributed by atoms with Crippen LogP contribution in [0, 0.1) is 15.4 Å². The lowest BCUT2D eigenvalue weighted by Crippen LogP contribution is -2.65. The fourth-order valence-corrected chi connectivity index (χ4v) is 6.31. The number of primary amides is 1. The van der Waals surface area contributed by atoms with E-state index in [1.165, 1.54) is 4.90 Å². The summed E-state index contributed by atoms with van der Waals surface area (Å²) in [6.45, 7) is 1.94. The van der Waals surface area contributed by atoms with Crippen molar-refractivity contribution < 1.29 is 34.8 Å². The quantitative estimate of drug-likeness (QED) is 0.268. The summed E-state index contributed by atoms with van der Waals surface area (Å²) >= 11 is 1.94. The SMILES string of the molecule is CCc1cc(I)c(O)c2c1CC1CC3C(N(C)C)C(=O)C(C(N)=O)=C(O)C3(O)C(=O)C1=C2O. The van der Waals surface area contributed by atoms with E-state index in [9.17, 15) is 34.8 Å². The standard InChI is InChI=1S/C23H25IN2O7/c1-4-8-7-12(24)17(27)14-10(8)5-9-6-11-16(26(2)3)19(29)15(22(25)32)21(31)23(11,33)20(30)13(9)18(14)28/h7,9,11,16,27-28,31,33H,4-6H2,1-3H3,(H2,25,32). The number of aryl methyl sites for hydroxylation is 1. The number of aromatic hydroxyl groups is 1. The molecule has 1 saturated carbocycles. The average Bonchev–Trinajstić information content (AvgIpc) is 2.72. The highest BCUT2D eigenvalue weighted by Crippen LogP contribution is 2.53. The molecule has 0 heterocycles. The predicted octanol–water partition coefficient (Wildman–Crippen LogP) is 1.13. The second-order valence-electron chi connectivity index (χ2n) is 9.03. The van der Waals surface area contributed by atoms with Gasteiger partial charge in [0.05, 0.1) is 15.2 Å². The first-order valence-corrected chi connectivity index (χ1v) is 11.6. The molecule has 4 atom stereocenters. The fraction of sp³-hybridized carbons (Fsp3) is 0.435. The van der Waals surface area contributed by atoms with Gasteiger partial charge in [-0.1, -0.05) is 6.92 Å². The maximum Gasteiger partial charge on any atom is 0.255 e. The largest absolute Gasteiger partial charge is 0.508 e. The van der Waals surface area contributed by atoms with Crippen LogP contribution in [0.4, 0.5) is 0 Å². The molecule has 9 nitrogen and oxygen atoms in total. The summed E-state index contributed by atoms with van der Waals surface area (Å²) in [5.74, 6) is -6.36. The molecule has 0 aromatic heterocycles. The van der Waals surface area contributed by atoms with Crippen LogP contribution in [-0.2, 0) is 27.2 Å². The van der Waals surface area contributed by atoms with E-state index in [4.69, 9.17) is 5.73 Å². The van der Waals surface area contributed by atoms with E-state index in [1.54, 1.807) is 14.1 Å². The van der Waals surface area contributed by atoms with E-state index < -0.39 is 58.0 Å². The molecule has 1 amide bonds. The highest BCUT2D eigenvalue weighted by Gasteiger charge is 2.64. The van der Waals surface area contributed by atoms with Crippen LogP contribution in [0.2, 0.25) is 0 Å². The molecule has 0 saturated heterocycles. The Kier molecular flexibility index (Phi) is 5.61. The summed E-state index contributed by atoms with van der Waals surface area (Å²) in [6.07, 6.45) is 1.03. The molecule has 1 aromatic carbocycles. The number of aliphatic hydroxyl groups is 3. The lowest BCUT2D eigenvalue weighted by molar-refractivity contribution is -0.153. The van der Waals surface area contributed by atoms with Crippen LogP contribution in [-0.4, -0.2) is 68.5 Å². The zero-order chi connectivity index (χ0) is 24.6. The van der Waals surface area contributed by atoms with Crippen LogP contribution in [0.5, 0.6) is 5.75 Å². The summed E-state index contributed by atoms with van der Waals surface area (Å²) in [5.41, 5.74) is 3.50. The van der Waals surface area contributed by atoms with Crippen LogP contribution in [0.25, 0.3) is 5.76 Å². The third-order valence-electron chi connectivity index (χ3n) is 7.15. The van der Waals surface area contributed by atoms with Gasteiger partial charge >= 0.3 is 0 Å². The second kappa shape index (κ2) is 7.81. The maximum absolute atomic E-state index is 13.7. The fourth-order valence-electron chi connectivity index (χ4n) is 5.67. The minimum absolute atomic E-state index is 0.0850. The van der Waals surface area contributed by atoms with E-state index in [2.05, 4.69) is 0 Å². The molecule has 3 aliphatic rings. The van der Waals surface area contributed by atoms with Gasteiger partial charge in [-0.15, -0.1) is 0 Å². The molecule has 1 fully saturated rings. The smallest absolute Gasteiger partial charge is 0.255 e. The number of carbonyl (C=O) groups excluding carboxylic acids is 3. The second-order valence-corrected chi connectivity index (χ2v) is 10.2. The number of rotatable bonds is 3.